The highest BCUT2D eigenvalue weighted by molar-refractivity contribution is 9.10. The van der Waals surface area contributed by atoms with E-state index < -0.39 is 11.9 Å². The molecule has 0 saturated carbocycles. The molecule has 17 heavy (non-hydrogen) atoms. The number of urea groups is 1. The number of nitrogens with two attached hydrogens (primary N) is 2. The van der Waals surface area contributed by atoms with Gasteiger partial charge in [0.25, 0.3) is 5.91 Å². The molecule has 7 heteroatoms. The van der Waals surface area contributed by atoms with Crippen molar-refractivity contribution in [1.29, 1.82) is 0 Å². The zero-order valence-electron chi connectivity index (χ0n) is 8.90. The van der Waals surface area contributed by atoms with Crippen molar-refractivity contribution in [3.05, 3.63) is 28.2 Å². The van der Waals surface area contributed by atoms with E-state index >= 15 is 0 Å². The summed E-state index contributed by atoms with van der Waals surface area (Å²) in [5, 5.41) is 1.89. The minimum absolute atomic E-state index is 0.283. The number of carbonyl (C=O) groups is 2. The monoisotopic (exact) mass is 301 g/mol. The largest absolute Gasteiger partial charge is 0.484 e. The molecule has 92 valence electrons. The van der Waals surface area contributed by atoms with Gasteiger partial charge in [-0.3, -0.25) is 10.1 Å². The van der Waals surface area contributed by atoms with E-state index in [1.807, 2.05) is 5.32 Å². The zero-order chi connectivity index (χ0) is 12.8. The lowest BCUT2D eigenvalue weighted by Gasteiger charge is -2.08. The molecule has 0 aliphatic rings. The van der Waals surface area contributed by atoms with Crippen molar-refractivity contribution in [2.75, 3.05) is 6.61 Å². The first-order chi connectivity index (χ1) is 8.02. The van der Waals surface area contributed by atoms with Crippen molar-refractivity contribution in [2.24, 2.45) is 11.5 Å². The number of halogens is 1. The lowest BCUT2D eigenvalue weighted by atomic mass is 10.2. The number of hydrogen-bond donors (Lipinski definition) is 3. The summed E-state index contributed by atoms with van der Waals surface area (Å²) in [6.07, 6.45) is 0. The number of primary amides is 1. The first-order valence-electron chi connectivity index (χ1n) is 4.73. The summed E-state index contributed by atoms with van der Waals surface area (Å²) in [6, 6.07) is 4.25. The molecule has 3 amide bonds. The van der Waals surface area contributed by atoms with Gasteiger partial charge in [-0.15, -0.1) is 0 Å². The fourth-order valence-corrected chi connectivity index (χ4v) is 1.53. The number of imide groups is 1. The first kappa shape index (κ1) is 13.5. The molecule has 1 aromatic rings. The Hall–Kier alpha value is -1.60. The Bertz CT molecular complexity index is 437. The molecule has 5 N–H and O–H groups in total. The van der Waals surface area contributed by atoms with E-state index in [4.69, 9.17) is 16.2 Å². The molecular weight excluding hydrogens is 290 g/mol. The van der Waals surface area contributed by atoms with Gasteiger partial charge in [0.05, 0.1) is 0 Å². The normalized spacial score (nSPS) is 9.76. The molecule has 0 aliphatic heterocycles. The third-order valence-corrected chi connectivity index (χ3v) is 2.64. The Kier molecular flexibility index (Phi) is 4.92. The third kappa shape index (κ3) is 4.41. The van der Waals surface area contributed by atoms with E-state index in [0.717, 1.165) is 10.0 Å². The Morgan fingerprint density at radius 3 is 2.71 bits per heavy atom. The van der Waals surface area contributed by atoms with E-state index in [0.29, 0.717) is 12.3 Å². The van der Waals surface area contributed by atoms with Crippen LogP contribution < -0.4 is 21.5 Å². The molecule has 0 saturated heterocycles. The van der Waals surface area contributed by atoms with E-state index in [-0.39, 0.29) is 6.61 Å². The lowest BCUT2D eigenvalue weighted by molar-refractivity contribution is -0.121. The predicted molar refractivity (Wildman–Crippen MR) is 65.3 cm³/mol. The van der Waals surface area contributed by atoms with Crippen LogP contribution in [0.1, 0.15) is 5.56 Å². The highest BCUT2D eigenvalue weighted by atomic mass is 79.9. The summed E-state index contributed by atoms with van der Waals surface area (Å²) in [4.78, 5) is 21.5. The third-order valence-electron chi connectivity index (χ3n) is 1.87. The second-order valence-electron chi connectivity index (χ2n) is 3.16. The van der Waals surface area contributed by atoms with Crippen LogP contribution in [0.4, 0.5) is 4.79 Å². The number of hydrogen-bond acceptors (Lipinski definition) is 4. The van der Waals surface area contributed by atoms with E-state index in [1.54, 1.807) is 18.2 Å². The lowest BCUT2D eigenvalue weighted by Crippen LogP contribution is -2.38. The topological polar surface area (TPSA) is 107 Å². The van der Waals surface area contributed by atoms with Crippen molar-refractivity contribution in [2.45, 2.75) is 6.54 Å². The molecule has 1 aromatic carbocycles. The molecule has 0 heterocycles. The van der Waals surface area contributed by atoms with Crippen molar-refractivity contribution >= 4 is 27.9 Å². The summed E-state index contributed by atoms with van der Waals surface area (Å²) in [7, 11) is 0. The smallest absolute Gasteiger partial charge is 0.318 e. The van der Waals surface area contributed by atoms with Gasteiger partial charge in [0.15, 0.2) is 6.61 Å². The van der Waals surface area contributed by atoms with Crippen molar-refractivity contribution in [3.8, 4) is 5.75 Å². The Labute approximate surface area is 106 Å². The molecule has 0 unspecified atom stereocenters. The Balaban J connectivity index is 2.57. The highest BCUT2D eigenvalue weighted by Gasteiger charge is 2.06. The van der Waals surface area contributed by atoms with Crippen LogP contribution in [-0.4, -0.2) is 18.5 Å². The van der Waals surface area contributed by atoms with Crippen LogP contribution in [0.3, 0.4) is 0 Å². The molecule has 1 rings (SSSR count). The van der Waals surface area contributed by atoms with E-state index in [1.165, 1.54) is 0 Å². The number of rotatable bonds is 4. The summed E-state index contributed by atoms with van der Waals surface area (Å²) in [6.45, 7) is 0.0693. The Morgan fingerprint density at radius 2 is 2.12 bits per heavy atom. The molecule has 0 aliphatic carbocycles. The molecule has 0 atom stereocenters. The molecule has 0 bridgehead atoms. The fourth-order valence-electron chi connectivity index (χ4n) is 1.12. The number of carbonyl (C=O) groups excluding carboxylic acids is 2. The Morgan fingerprint density at radius 1 is 1.41 bits per heavy atom. The van der Waals surface area contributed by atoms with Crippen LogP contribution in [0.2, 0.25) is 0 Å². The average Bonchev–Trinajstić information content (AvgIpc) is 2.27. The minimum Gasteiger partial charge on any atom is -0.484 e. The second-order valence-corrected chi connectivity index (χ2v) is 4.01. The summed E-state index contributed by atoms with van der Waals surface area (Å²) in [5.74, 6) is -0.108. The first-order valence-corrected chi connectivity index (χ1v) is 5.53. The number of amides is 3. The predicted octanol–water partition coefficient (Wildman–Crippen LogP) is 0.481. The van der Waals surface area contributed by atoms with Gasteiger partial charge >= 0.3 is 6.03 Å². The minimum atomic E-state index is -0.906. The second kappa shape index (κ2) is 6.21. The maximum atomic E-state index is 11.1. The summed E-state index contributed by atoms with van der Waals surface area (Å²) >= 11 is 3.33. The highest BCUT2D eigenvalue weighted by Crippen LogP contribution is 2.22. The van der Waals surface area contributed by atoms with E-state index in [2.05, 4.69) is 15.9 Å². The van der Waals surface area contributed by atoms with Gasteiger partial charge < -0.3 is 16.2 Å². The maximum Gasteiger partial charge on any atom is 0.318 e. The quantitative estimate of drug-likeness (QED) is 0.752. The molecule has 0 radical (unpaired) electrons. The van der Waals surface area contributed by atoms with Crippen LogP contribution in [0.5, 0.6) is 5.75 Å². The average molecular weight is 302 g/mol. The fraction of sp³-hybridized carbons (Fsp3) is 0.200. The number of benzene rings is 1. The standard InChI is InChI=1S/C10H12BrN3O3/c11-8-2-1-7(3-6(8)4-12)17-5-9(15)14-10(13)16/h1-3H,4-5,12H2,(H3,13,14,15,16). The van der Waals surface area contributed by atoms with Gasteiger partial charge in [0.1, 0.15) is 5.75 Å². The molecule has 0 spiro atoms. The zero-order valence-corrected chi connectivity index (χ0v) is 10.5. The number of ether oxygens (including phenoxy) is 1. The van der Waals surface area contributed by atoms with Crippen LogP contribution in [0, 0.1) is 0 Å². The van der Waals surface area contributed by atoms with Crippen LogP contribution in [-0.2, 0) is 11.3 Å². The van der Waals surface area contributed by atoms with Crippen LogP contribution in [0.15, 0.2) is 22.7 Å². The van der Waals surface area contributed by atoms with Gasteiger partial charge in [0.2, 0.25) is 0 Å². The van der Waals surface area contributed by atoms with Crippen molar-refractivity contribution in [3.63, 3.8) is 0 Å². The SMILES string of the molecule is NCc1cc(OCC(=O)NC(N)=O)ccc1Br. The van der Waals surface area contributed by atoms with Crippen molar-refractivity contribution in [1.82, 2.24) is 5.32 Å². The molecule has 0 aromatic heterocycles. The summed E-state index contributed by atoms with van der Waals surface area (Å²) in [5.41, 5.74) is 11.2. The van der Waals surface area contributed by atoms with Crippen LogP contribution >= 0.6 is 15.9 Å². The molecule has 0 fully saturated rings. The van der Waals surface area contributed by atoms with Gasteiger partial charge in [-0.05, 0) is 23.8 Å². The van der Waals surface area contributed by atoms with Gasteiger partial charge in [-0.2, -0.15) is 0 Å². The van der Waals surface area contributed by atoms with Gasteiger partial charge in [-0.25, -0.2) is 4.79 Å². The summed E-state index contributed by atoms with van der Waals surface area (Å²) < 4.78 is 6.04. The maximum absolute atomic E-state index is 11.1. The number of nitrogens with one attached hydrogen (secondary N) is 1. The van der Waals surface area contributed by atoms with E-state index in [9.17, 15) is 9.59 Å². The molecular formula is C10H12BrN3O3. The van der Waals surface area contributed by atoms with Crippen molar-refractivity contribution < 1.29 is 14.3 Å². The molecule has 6 nitrogen and oxygen atoms in total. The van der Waals surface area contributed by atoms with Gasteiger partial charge in [0, 0.05) is 11.0 Å². The van der Waals surface area contributed by atoms with Crippen LogP contribution in [0.25, 0.3) is 0 Å². The van der Waals surface area contributed by atoms with Gasteiger partial charge in [-0.1, -0.05) is 15.9 Å².